The van der Waals surface area contributed by atoms with Crippen molar-refractivity contribution in [2.24, 2.45) is 0 Å². The molecule has 1 aliphatic heterocycles. The van der Waals surface area contributed by atoms with Gasteiger partial charge in [-0.3, -0.25) is 19.3 Å². The average molecular weight is 443 g/mol. The lowest BCUT2D eigenvalue weighted by Crippen LogP contribution is -2.33. The Labute approximate surface area is 150 Å². The number of amides is 2. The summed E-state index contributed by atoms with van der Waals surface area (Å²) < 4.78 is 6.15. The second kappa shape index (κ2) is 7.52. The molecule has 1 aromatic rings. The number of aliphatic carboxylic acids is 1. The number of carboxylic acids is 1. The van der Waals surface area contributed by atoms with E-state index in [0.29, 0.717) is 16.2 Å². The summed E-state index contributed by atoms with van der Waals surface area (Å²) in [6, 6.07) is 5.21. The van der Waals surface area contributed by atoms with Crippen LogP contribution in [0.25, 0.3) is 6.08 Å². The summed E-state index contributed by atoms with van der Waals surface area (Å²) >= 11 is 2.79. The van der Waals surface area contributed by atoms with Gasteiger partial charge < -0.3 is 9.84 Å². The number of nitrogens with zero attached hydrogens (tertiary/aromatic N) is 1. The number of halogens is 1. The molecule has 6 nitrogen and oxygen atoms in total. The molecular weight excluding hydrogens is 433 g/mol. The highest BCUT2D eigenvalue weighted by molar-refractivity contribution is 14.1. The molecule has 1 aromatic carbocycles. The first-order chi connectivity index (χ1) is 10.9. The van der Waals surface area contributed by atoms with Crippen molar-refractivity contribution in [2.75, 3.05) is 13.2 Å². The van der Waals surface area contributed by atoms with Gasteiger partial charge in [0.25, 0.3) is 11.1 Å². The van der Waals surface area contributed by atoms with Crippen LogP contribution >= 0.6 is 34.4 Å². The van der Waals surface area contributed by atoms with E-state index in [9.17, 15) is 14.4 Å². The minimum Gasteiger partial charge on any atom is -0.480 e. The van der Waals surface area contributed by atoms with E-state index in [1.165, 1.54) is 0 Å². The zero-order valence-corrected chi connectivity index (χ0v) is 14.6. The number of carboxylic acid groups (broad SMARTS) is 1. The van der Waals surface area contributed by atoms with Crippen molar-refractivity contribution in [3.8, 4) is 18.1 Å². The maximum Gasteiger partial charge on any atom is 0.323 e. The highest BCUT2D eigenvalue weighted by atomic mass is 127. The lowest BCUT2D eigenvalue weighted by Gasteiger charge is -2.08. The summed E-state index contributed by atoms with van der Waals surface area (Å²) in [5.74, 6) is 1.15. The summed E-state index contributed by atoms with van der Waals surface area (Å²) in [6.45, 7) is -0.484. The molecule has 1 N–H and O–H groups in total. The summed E-state index contributed by atoms with van der Waals surface area (Å²) in [6.07, 6.45) is 6.68. The highest BCUT2D eigenvalue weighted by Gasteiger charge is 2.36. The normalized spacial score (nSPS) is 15.8. The standard InChI is InChI=1S/C15H10INO5S/c1-2-5-22-11-4-3-9(6-10(11)16)7-12-14(20)17(8-13(18)19)15(21)23-12/h1,3-4,6-7H,5,8H2,(H,18,19)/b12-7-. The maximum atomic E-state index is 12.1. The Morgan fingerprint density at radius 2 is 2.22 bits per heavy atom. The lowest BCUT2D eigenvalue weighted by atomic mass is 10.2. The Hall–Kier alpha value is -1.99. The molecule has 1 saturated heterocycles. The number of thioether (sulfide) groups is 1. The molecule has 1 aliphatic rings. The van der Waals surface area contributed by atoms with E-state index >= 15 is 0 Å². The first kappa shape index (κ1) is 17.4. The molecule has 1 heterocycles. The third kappa shape index (κ3) is 4.27. The van der Waals surface area contributed by atoms with E-state index in [0.717, 1.165) is 15.3 Å². The first-order valence-corrected chi connectivity index (χ1v) is 8.15. The van der Waals surface area contributed by atoms with Crippen LogP contribution in [0.15, 0.2) is 23.1 Å². The minimum atomic E-state index is -1.24. The molecule has 0 unspecified atom stereocenters. The van der Waals surface area contributed by atoms with E-state index in [1.807, 2.05) is 0 Å². The SMILES string of the molecule is C#CCOc1ccc(/C=C2\SC(=O)N(CC(=O)O)C2=O)cc1I. The van der Waals surface area contributed by atoms with Gasteiger partial charge >= 0.3 is 5.97 Å². The minimum absolute atomic E-state index is 0.156. The average Bonchev–Trinajstić information content (AvgIpc) is 2.74. The molecule has 8 heteroatoms. The van der Waals surface area contributed by atoms with E-state index in [4.69, 9.17) is 16.3 Å². The third-order valence-corrected chi connectivity index (χ3v) is 4.48. The van der Waals surface area contributed by atoms with Gasteiger partial charge in [0.2, 0.25) is 0 Å². The van der Waals surface area contributed by atoms with Crippen molar-refractivity contribution < 1.29 is 24.2 Å². The summed E-state index contributed by atoms with van der Waals surface area (Å²) in [5, 5.41) is 8.13. The van der Waals surface area contributed by atoms with E-state index in [1.54, 1.807) is 24.3 Å². The molecule has 0 atom stereocenters. The second-order valence-corrected chi connectivity index (χ2v) is 6.50. The zero-order chi connectivity index (χ0) is 17.0. The van der Waals surface area contributed by atoms with Gasteiger partial charge in [-0.2, -0.15) is 0 Å². The summed E-state index contributed by atoms with van der Waals surface area (Å²) in [7, 11) is 0. The Balaban J connectivity index is 2.21. The van der Waals surface area contributed by atoms with Crippen LogP contribution in [0.5, 0.6) is 5.75 Å². The fourth-order valence-corrected chi connectivity index (χ4v) is 3.30. The van der Waals surface area contributed by atoms with Gasteiger partial charge in [0, 0.05) is 0 Å². The first-order valence-electron chi connectivity index (χ1n) is 6.25. The number of carbonyl (C=O) groups excluding carboxylic acids is 2. The molecule has 1 fully saturated rings. The van der Waals surface area contributed by atoms with Crippen LogP contribution in [0, 0.1) is 15.9 Å². The van der Waals surface area contributed by atoms with Crippen LogP contribution in [0.3, 0.4) is 0 Å². The number of imide groups is 1. The van der Waals surface area contributed by atoms with Crippen LogP contribution < -0.4 is 4.74 Å². The molecule has 0 spiro atoms. The Bertz CT molecular complexity index is 753. The lowest BCUT2D eigenvalue weighted by molar-refractivity contribution is -0.140. The molecule has 0 saturated carbocycles. The van der Waals surface area contributed by atoms with Crippen LogP contribution in [-0.4, -0.2) is 40.3 Å². The van der Waals surface area contributed by atoms with Gasteiger partial charge in [-0.1, -0.05) is 12.0 Å². The number of rotatable bonds is 5. The van der Waals surface area contributed by atoms with E-state index in [-0.39, 0.29) is 11.5 Å². The van der Waals surface area contributed by atoms with E-state index < -0.39 is 23.7 Å². The van der Waals surface area contributed by atoms with Gasteiger partial charge in [0.05, 0.1) is 8.48 Å². The van der Waals surface area contributed by atoms with E-state index in [2.05, 4.69) is 28.5 Å². The zero-order valence-electron chi connectivity index (χ0n) is 11.6. The monoisotopic (exact) mass is 443 g/mol. The van der Waals surface area contributed by atoms with Crippen molar-refractivity contribution in [3.05, 3.63) is 32.2 Å². The molecule has 0 radical (unpaired) electrons. The van der Waals surface area contributed by atoms with Gasteiger partial charge in [-0.25, -0.2) is 0 Å². The maximum absolute atomic E-state index is 12.1. The largest absolute Gasteiger partial charge is 0.480 e. The Kier molecular flexibility index (Phi) is 5.68. The van der Waals surface area contributed by atoms with Gasteiger partial charge in [0.1, 0.15) is 18.9 Å². The molecule has 2 amide bonds. The predicted molar refractivity (Wildman–Crippen MR) is 93.8 cm³/mol. The molecule has 0 aromatic heterocycles. The smallest absolute Gasteiger partial charge is 0.323 e. The number of hydrogen-bond acceptors (Lipinski definition) is 5. The quantitative estimate of drug-likeness (QED) is 0.428. The van der Waals surface area contributed by atoms with Crippen molar-refractivity contribution in [1.82, 2.24) is 4.90 Å². The number of benzene rings is 1. The van der Waals surface area contributed by atoms with Crippen LogP contribution in [0.4, 0.5) is 4.79 Å². The van der Waals surface area contributed by atoms with Crippen LogP contribution in [0.1, 0.15) is 5.56 Å². The Morgan fingerprint density at radius 3 is 2.83 bits per heavy atom. The number of carbonyl (C=O) groups is 3. The molecular formula is C15H10INO5S. The molecule has 23 heavy (non-hydrogen) atoms. The second-order valence-electron chi connectivity index (χ2n) is 4.34. The van der Waals surface area contributed by atoms with Gasteiger partial charge in [-0.05, 0) is 58.1 Å². The molecule has 0 aliphatic carbocycles. The molecule has 0 bridgehead atoms. The van der Waals surface area contributed by atoms with Crippen molar-refractivity contribution >= 4 is 57.5 Å². The fraction of sp³-hybridized carbons (Fsp3) is 0.133. The predicted octanol–water partition coefficient (Wildman–Crippen LogP) is 2.42. The third-order valence-electron chi connectivity index (χ3n) is 2.73. The highest BCUT2D eigenvalue weighted by Crippen LogP contribution is 2.33. The summed E-state index contributed by atoms with van der Waals surface area (Å²) in [5.41, 5.74) is 0.697. The molecule has 2 rings (SSSR count). The number of terminal acetylenes is 1. The van der Waals surface area contributed by atoms with Crippen LogP contribution in [-0.2, 0) is 9.59 Å². The number of ether oxygens (including phenoxy) is 1. The van der Waals surface area contributed by atoms with Gasteiger partial charge in [0.15, 0.2) is 0 Å². The van der Waals surface area contributed by atoms with Crippen molar-refractivity contribution in [2.45, 2.75) is 0 Å². The molecule has 118 valence electrons. The summed E-state index contributed by atoms with van der Waals surface area (Å²) in [4.78, 5) is 35.3. The van der Waals surface area contributed by atoms with Crippen molar-refractivity contribution in [1.29, 1.82) is 0 Å². The van der Waals surface area contributed by atoms with Crippen LogP contribution in [0.2, 0.25) is 0 Å². The number of hydrogen-bond donors (Lipinski definition) is 1. The fourth-order valence-electron chi connectivity index (χ4n) is 1.77. The van der Waals surface area contributed by atoms with Gasteiger partial charge in [-0.15, -0.1) is 6.42 Å². The topological polar surface area (TPSA) is 83.9 Å². The van der Waals surface area contributed by atoms with Crippen molar-refractivity contribution in [3.63, 3.8) is 0 Å². The Morgan fingerprint density at radius 1 is 1.48 bits per heavy atom.